The molecule has 2 aromatic rings. The molecule has 1 aromatic carbocycles. The minimum absolute atomic E-state index is 0.0128. The van der Waals surface area contributed by atoms with E-state index in [9.17, 15) is 18.7 Å². The van der Waals surface area contributed by atoms with Crippen molar-refractivity contribution < 1.29 is 18.7 Å². The molecular formula is C15H16F2N2O2S. The Morgan fingerprint density at radius 1 is 1.27 bits per heavy atom. The van der Waals surface area contributed by atoms with Crippen molar-refractivity contribution in [3.63, 3.8) is 0 Å². The van der Waals surface area contributed by atoms with Crippen LogP contribution >= 0.6 is 11.3 Å². The van der Waals surface area contributed by atoms with Gasteiger partial charge in [-0.2, -0.15) is 11.3 Å². The van der Waals surface area contributed by atoms with Crippen molar-refractivity contribution in [2.24, 2.45) is 0 Å². The minimum atomic E-state index is -1.18. The van der Waals surface area contributed by atoms with Crippen LogP contribution in [0.3, 0.4) is 0 Å². The van der Waals surface area contributed by atoms with Crippen LogP contribution in [0.15, 0.2) is 35.0 Å². The van der Waals surface area contributed by atoms with Crippen molar-refractivity contribution in [2.45, 2.75) is 19.1 Å². The zero-order valence-electron chi connectivity index (χ0n) is 11.9. The molecule has 1 aromatic heterocycles. The van der Waals surface area contributed by atoms with E-state index in [2.05, 4.69) is 10.6 Å². The first kappa shape index (κ1) is 16.4. The second-order valence-electron chi connectivity index (χ2n) is 5.10. The van der Waals surface area contributed by atoms with E-state index in [0.717, 1.165) is 18.2 Å². The second kappa shape index (κ2) is 6.85. The normalized spacial score (nSPS) is 13.5. The quantitative estimate of drug-likeness (QED) is 0.791. The fraction of sp³-hybridized carbons (Fsp3) is 0.267. The molecule has 2 amide bonds. The Kier molecular flexibility index (Phi) is 5.10. The highest BCUT2D eigenvalue weighted by atomic mass is 32.1. The lowest BCUT2D eigenvalue weighted by Gasteiger charge is -2.22. The number of rotatable bonds is 5. The monoisotopic (exact) mass is 326 g/mol. The number of amides is 2. The van der Waals surface area contributed by atoms with Gasteiger partial charge in [0.1, 0.15) is 17.2 Å². The maximum absolute atomic E-state index is 13.0. The average molecular weight is 326 g/mol. The van der Waals surface area contributed by atoms with Crippen LogP contribution in [0.5, 0.6) is 0 Å². The summed E-state index contributed by atoms with van der Waals surface area (Å²) < 4.78 is 26.0. The summed E-state index contributed by atoms with van der Waals surface area (Å²) in [6, 6.07) is 4.30. The number of carbonyl (C=O) groups is 1. The maximum atomic E-state index is 13.0. The molecule has 0 fully saturated rings. The van der Waals surface area contributed by atoms with Crippen LogP contribution in [0.25, 0.3) is 0 Å². The van der Waals surface area contributed by atoms with Crippen molar-refractivity contribution in [3.05, 3.63) is 57.8 Å². The molecule has 4 nitrogen and oxygen atoms in total. The van der Waals surface area contributed by atoms with Crippen LogP contribution in [0.4, 0.5) is 13.6 Å². The van der Waals surface area contributed by atoms with E-state index in [0.29, 0.717) is 11.1 Å². The molecule has 22 heavy (non-hydrogen) atoms. The standard InChI is InChI=1S/C15H16F2N2O2S/c1-15(21,11-2-3-22-8-11)9-19-14(20)18-7-10-4-12(16)6-13(17)5-10/h2-6,8,21H,7,9H2,1H3,(H2,18,19,20)/t15-/m0/s1. The molecule has 0 aliphatic heterocycles. The lowest BCUT2D eigenvalue weighted by atomic mass is 9.99. The van der Waals surface area contributed by atoms with Gasteiger partial charge in [-0.25, -0.2) is 13.6 Å². The highest BCUT2D eigenvalue weighted by Gasteiger charge is 2.24. The average Bonchev–Trinajstić information content (AvgIpc) is 2.97. The van der Waals surface area contributed by atoms with Crippen LogP contribution < -0.4 is 10.6 Å². The maximum Gasteiger partial charge on any atom is 0.315 e. The van der Waals surface area contributed by atoms with Crippen molar-refractivity contribution in [2.75, 3.05) is 6.54 Å². The Balaban J connectivity index is 1.83. The number of hydrogen-bond acceptors (Lipinski definition) is 3. The summed E-state index contributed by atoms with van der Waals surface area (Å²) in [4.78, 5) is 11.7. The van der Waals surface area contributed by atoms with Gasteiger partial charge in [-0.05, 0) is 47.0 Å². The Morgan fingerprint density at radius 2 is 1.95 bits per heavy atom. The zero-order chi connectivity index (χ0) is 16.2. The highest BCUT2D eigenvalue weighted by molar-refractivity contribution is 7.08. The van der Waals surface area contributed by atoms with Crippen molar-refractivity contribution >= 4 is 17.4 Å². The molecule has 0 saturated heterocycles. The lowest BCUT2D eigenvalue weighted by Crippen LogP contribution is -2.43. The van der Waals surface area contributed by atoms with Crippen LogP contribution in [-0.2, 0) is 12.1 Å². The number of aliphatic hydroxyl groups is 1. The predicted molar refractivity (Wildman–Crippen MR) is 80.5 cm³/mol. The van der Waals surface area contributed by atoms with E-state index in [1.165, 1.54) is 11.3 Å². The number of halogens is 2. The fourth-order valence-corrected chi connectivity index (χ4v) is 2.67. The third-order valence-electron chi connectivity index (χ3n) is 3.11. The summed E-state index contributed by atoms with van der Waals surface area (Å²) >= 11 is 1.45. The smallest absolute Gasteiger partial charge is 0.315 e. The molecule has 0 unspecified atom stereocenters. The third-order valence-corrected chi connectivity index (χ3v) is 3.79. The molecular weight excluding hydrogens is 310 g/mol. The zero-order valence-corrected chi connectivity index (χ0v) is 12.7. The Labute approximate surface area is 130 Å². The van der Waals surface area contributed by atoms with Gasteiger partial charge in [-0.1, -0.05) is 0 Å². The molecule has 0 radical (unpaired) electrons. The number of nitrogens with one attached hydrogen (secondary N) is 2. The molecule has 0 aliphatic carbocycles. The summed E-state index contributed by atoms with van der Waals surface area (Å²) in [5.41, 5.74) is -0.148. The minimum Gasteiger partial charge on any atom is -0.384 e. The molecule has 118 valence electrons. The van der Waals surface area contributed by atoms with Crippen LogP contribution in [0.2, 0.25) is 0 Å². The molecule has 0 spiro atoms. The molecule has 2 rings (SSSR count). The summed E-state index contributed by atoms with van der Waals surface area (Å²) in [5.74, 6) is -1.39. The second-order valence-corrected chi connectivity index (χ2v) is 5.88. The number of carbonyl (C=O) groups excluding carboxylic acids is 1. The van der Waals surface area contributed by atoms with Crippen LogP contribution in [0, 0.1) is 11.6 Å². The summed E-state index contributed by atoms with van der Waals surface area (Å²) in [7, 11) is 0. The first-order chi connectivity index (χ1) is 10.4. The van der Waals surface area contributed by atoms with E-state index >= 15 is 0 Å². The summed E-state index contributed by atoms with van der Waals surface area (Å²) in [6.07, 6.45) is 0. The number of benzene rings is 1. The number of thiophene rings is 1. The molecule has 3 N–H and O–H groups in total. The number of hydrogen-bond donors (Lipinski definition) is 3. The van der Waals surface area contributed by atoms with E-state index in [-0.39, 0.29) is 13.1 Å². The molecule has 1 atom stereocenters. The molecule has 0 bridgehead atoms. The van der Waals surface area contributed by atoms with Crippen molar-refractivity contribution in [3.8, 4) is 0 Å². The van der Waals surface area contributed by atoms with Gasteiger partial charge < -0.3 is 15.7 Å². The lowest BCUT2D eigenvalue weighted by molar-refractivity contribution is 0.0598. The van der Waals surface area contributed by atoms with Crippen LogP contribution in [0.1, 0.15) is 18.1 Å². The predicted octanol–water partition coefficient (Wildman–Crippen LogP) is 2.73. The summed E-state index contributed by atoms with van der Waals surface area (Å²) in [6.45, 7) is 1.60. The highest BCUT2D eigenvalue weighted by Crippen LogP contribution is 2.21. The van der Waals surface area contributed by atoms with E-state index in [1.54, 1.807) is 18.4 Å². The molecule has 0 aliphatic rings. The van der Waals surface area contributed by atoms with E-state index in [4.69, 9.17) is 0 Å². The largest absolute Gasteiger partial charge is 0.384 e. The van der Waals surface area contributed by atoms with Crippen LogP contribution in [-0.4, -0.2) is 17.7 Å². The molecule has 0 saturated carbocycles. The van der Waals surface area contributed by atoms with Gasteiger partial charge in [0, 0.05) is 12.6 Å². The number of urea groups is 1. The van der Waals surface area contributed by atoms with Gasteiger partial charge >= 0.3 is 6.03 Å². The van der Waals surface area contributed by atoms with Gasteiger partial charge in [-0.15, -0.1) is 0 Å². The Morgan fingerprint density at radius 3 is 2.55 bits per heavy atom. The molecule has 7 heteroatoms. The first-order valence-corrected chi connectivity index (χ1v) is 7.53. The topological polar surface area (TPSA) is 61.4 Å². The molecule has 1 heterocycles. The van der Waals surface area contributed by atoms with Gasteiger partial charge in [-0.3, -0.25) is 0 Å². The van der Waals surface area contributed by atoms with E-state index in [1.807, 2.05) is 5.38 Å². The Hall–Kier alpha value is -1.99. The van der Waals surface area contributed by atoms with Crippen molar-refractivity contribution in [1.82, 2.24) is 10.6 Å². The third kappa shape index (κ3) is 4.51. The van der Waals surface area contributed by atoms with Crippen molar-refractivity contribution in [1.29, 1.82) is 0 Å². The summed E-state index contributed by atoms with van der Waals surface area (Å²) in [5, 5.41) is 18.9. The van der Waals surface area contributed by atoms with Gasteiger partial charge in [0.15, 0.2) is 0 Å². The van der Waals surface area contributed by atoms with Gasteiger partial charge in [0.05, 0.1) is 6.54 Å². The van der Waals surface area contributed by atoms with Gasteiger partial charge in [0.25, 0.3) is 0 Å². The van der Waals surface area contributed by atoms with E-state index < -0.39 is 23.3 Å². The van der Waals surface area contributed by atoms with Gasteiger partial charge in [0.2, 0.25) is 0 Å². The Bertz CT molecular complexity index is 625. The SMILES string of the molecule is C[C@](O)(CNC(=O)NCc1cc(F)cc(F)c1)c1ccsc1. The first-order valence-electron chi connectivity index (χ1n) is 6.58. The fourth-order valence-electron chi connectivity index (χ4n) is 1.88.